The first kappa shape index (κ1) is 19.2. The zero-order valence-electron chi connectivity index (χ0n) is 13.6. The number of carbonyl (C=O) groups excluding carboxylic acids is 3. The third kappa shape index (κ3) is 4.93. The lowest BCUT2D eigenvalue weighted by atomic mass is 10.2. The number of nitrogens with one attached hydrogen (secondary N) is 2. The molecular formula is C16H14FN3O5S. The maximum atomic E-state index is 13.2. The van der Waals surface area contributed by atoms with Crippen LogP contribution in [-0.2, 0) is 16.0 Å². The second-order valence-electron chi connectivity index (χ2n) is 5.21. The molecule has 26 heavy (non-hydrogen) atoms. The third-order valence-corrected chi connectivity index (χ3v) is 4.52. The van der Waals surface area contributed by atoms with E-state index in [2.05, 4.69) is 10.6 Å². The van der Waals surface area contributed by atoms with Gasteiger partial charge in [0.1, 0.15) is 0 Å². The van der Waals surface area contributed by atoms with Gasteiger partial charge in [-0.15, -0.1) is 11.3 Å². The molecule has 0 fully saturated rings. The number of benzene rings is 1. The molecule has 0 spiro atoms. The molecule has 8 nitrogen and oxygen atoms in total. The number of halogens is 1. The van der Waals surface area contributed by atoms with Crippen molar-refractivity contribution >= 4 is 40.3 Å². The standard InChI is InChI=1S/C16H14FN3O5S/c1-9(21)14-5-3-11(26-14)6-7-18-15(22)16(23)19-10-2-4-12(17)13(8-10)20(24)25/h2-5,8H,6-7H2,1H3,(H,18,22)(H,19,23). The van der Waals surface area contributed by atoms with E-state index < -0.39 is 28.2 Å². The summed E-state index contributed by atoms with van der Waals surface area (Å²) in [6.45, 7) is 1.63. The Morgan fingerprint density at radius 1 is 1.19 bits per heavy atom. The Kier molecular flexibility index (Phi) is 6.12. The molecule has 2 aromatic rings. The second kappa shape index (κ2) is 8.30. The molecule has 2 rings (SSSR count). The molecule has 0 saturated heterocycles. The van der Waals surface area contributed by atoms with Gasteiger partial charge in [0.15, 0.2) is 5.78 Å². The maximum absolute atomic E-state index is 13.2. The van der Waals surface area contributed by atoms with Gasteiger partial charge in [0.25, 0.3) is 0 Å². The van der Waals surface area contributed by atoms with Crippen LogP contribution >= 0.6 is 11.3 Å². The van der Waals surface area contributed by atoms with Gasteiger partial charge < -0.3 is 10.6 Å². The molecule has 0 aliphatic heterocycles. The quantitative estimate of drug-likeness (QED) is 0.345. The van der Waals surface area contributed by atoms with Gasteiger partial charge in [-0.05, 0) is 37.6 Å². The molecule has 0 atom stereocenters. The number of ketones is 1. The van der Waals surface area contributed by atoms with Gasteiger partial charge in [-0.25, -0.2) is 0 Å². The minimum Gasteiger partial charge on any atom is -0.347 e. The fraction of sp³-hybridized carbons (Fsp3) is 0.188. The number of thiophene rings is 1. The van der Waals surface area contributed by atoms with Crippen LogP contribution < -0.4 is 10.6 Å². The lowest BCUT2D eigenvalue weighted by Crippen LogP contribution is -2.36. The number of anilines is 1. The highest BCUT2D eigenvalue weighted by Gasteiger charge is 2.18. The summed E-state index contributed by atoms with van der Waals surface area (Å²) in [5.41, 5.74) is -0.871. The molecule has 1 heterocycles. The first-order valence-electron chi connectivity index (χ1n) is 7.40. The summed E-state index contributed by atoms with van der Waals surface area (Å²) in [6.07, 6.45) is 0.443. The summed E-state index contributed by atoms with van der Waals surface area (Å²) < 4.78 is 13.2. The molecule has 2 N–H and O–H groups in total. The lowest BCUT2D eigenvalue weighted by molar-refractivity contribution is -0.387. The van der Waals surface area contributed by atoms with Crippen LogP contribution in [0.25, 0.3) is 0 Å². The van der Waals surface area contributed by atoms with E-state index in [4.69, 9.17) is 0 Å². The average molecular weight is 379 g/mol. The van der Waals surface area contributed by atoms with Crippen molar-refractivity contribution in [2.75, 3.05) is 11.9 Å². The minimum absolute atomic E-state index is 0.0435. The zero-order chi connectivity index (χ0) is 19.3. The number of rotatable bonds is 6. The highest BCUT2D eigenvalue weighted by molar-refractivity contribution is 7.14. The van der Waals surface area contributed by atoms with Crippen molar-refractivity contribution in [3.63, 3.8) is 0 Å². The van der Waals surface area contributed by atoms with E-state index in [1.165, 1.54) is 18.3 Å². The fourth-order valence-corrected chi connectivity index (χ4v) is 2.90. The van der Waals surface area contributed by atoms with E-state index >= 15 is 0 Å². The smallest absolute Gasteiger partial charge is 0.313 e. The number of nitrogens with zero attached hydrogens (tertiary/aromatic N) is 1. The van der Waals surface area contributed by atoms with Crippen LogP contribution in [0.1, 0.15) is 21.5 Å². The summed E-state index contributed by atoms with van der Waals surface area (Å²) in [4.78, 5) is 46.0. The molecule has 0 unspecified atom stereocenters. The third-order valence-electron chi connectivity index (χ3n) is 3.27. The Balaban J connectivity index is 1.87. The number of Topliss-reactive ketones (excluding diaryl/α,β-unsaturated/α-hetero) is 1. The molecule has 2 amide bonds. The number of hydrogen-bond acceptors (Lipinski definition) is 6. The summed E-state index contributed by atoms with van der Waals surface area (Å²) >= 11 is 1.31. The van der Waals surface area contributed by atoms with Gasteiger partial charge in [-0.3, -0.25) is 24.5 Å². The van der Waals surface area contributed by atoms with Gasteiger partial charge in [-0.2, -0.15) is 4.39 Å². The number of nitro groups is 1. The normalized spacial score (nSPS) is 10.2. The van der Waals surface area contributed by atoms with Crippen molar-refractivity contribution in [1.82, 2.24) is 5.32 Å². The molecule has 136 valence electrons. The van der Waals surface area contributed by atoms with Gasteiger partial charge in [0.2, 0.25) is 5.82 Å². The molecule has 1 aromatic heterocycles. The van der Waals surface area contributed by atoms with Crippen LogP contribution in [0.5, 0.6) is 0 Å². The van der Waals surface area contributed by atoms with Crippen molar-refractivity contribution < 1.29 is 23.7 Å². The molecular weight excluding hydrogens is 365 g/mol. The largest absolute Gasteiger partial charge is 0.347 e. The SMILES string of the molecule is CC(=O)c1ccc(CCNC(=O)C(=O)Nc2ccc(F)c([N+](=O)[O-])c2)s1. The average Bonchev–Trinajstić information content (AvgIpc) is 3.05. The Bertz CT molecular complexity index is 881. The minimum atomic E-state index is -1.04. The molecule has 0 radical (unpaired) electrons. The first-order valence-corrected chi connectivity index (χ1v) is 8.22. The number of nitro benzene ring substituents is 1. The van der Waals surface area contributed by atoms with Gasteiger partial charge in [0, 0.05) is 23.2 Å². The summed E-state index contributed by atoms with van der Waals surface area (Å²) in [6, 6.07) is 6.23. The van der Waals surface area contributed by atoms with Gasteiger partial charge >= 0.3 is 17.5 Å². The molecule has 10 heteroatoms. The van der Waals surface area contributed by atoms with Crippen LogP contribution in [-0.4, -0.2) is 29.1 Å². The van der Waals surface area contributed by atoms with Crippen LogP contribution in [0.4, 0.5) is 15.8 Å². The van der Waals surface area contributed by atoms with E-state index in [0.717, 1.165) is 23.1 Å². The van der Waals surface area contributed by atoms with Crippen molar-refractivity contribution in [3.05, 3.63) is 56.0 Å². The molecule has 0 saturated carbocycles. The van der Waals surface area contributed by atoms with Crippen LogP contribution in [0.15, 0.2) is 30.3 Å². The van der Waals surface area contributed by atoms with Crippen molar-refractivity contribution in [2.24, 2.45) is 0 Å². The fourth-order valence-electron chi connectivity index (χ4n) is 2.00. The predicted octanol–water partition coefficient (Wildman–Crippen LogP) is 2.30. The van der Waals surface area contributed by atoms with Crippen molar-refractivity contribution in [1.29, 1.82) is 0 Å². The van der Waals surface area contributed by atoms with Crippen molar-refractivity contribution in [3.8, 4) is 0 Å². The zero-order valence-corrected chi connectivity index (χ0v) is 14.4. The van der Waals surface area contributed by atoms with Crippen LogP contribution in [0.2, 0.25) is 0 Å². The first-order chi connectivity index (χ1) is 12.3. The second-order valence-corrected chi connectivity index (χ2v) is 6.37. The van der Waals surface area contributed by atoms with Gasteiger partial charge in [-0.1, -0.05) is 0 Å². The van der Waals surface area contributed by atoms with E-state index in [9.17, 15) is 28.9 Å². The Morgan fingerprint density at radius 3 is 2.54 bits per heavy atom. The van der Waals surface area contributed by atoms with Crippen LogP contribution in [0.3, 0.4) is 0 Å². The Labute approximate surface area is 151 Å². The lowest BCUT2D eigenvalue weighted by Gasteiger charge is -2.06. The van der Waals surface area contributed by atoms with E-state index in [1.807, 2.05) is 0 Å². The van der Waals surface area contributed by atoms with E-state index in [0.29, 0.717) is 11.3 Å². The molecule has 0 aliphatic rings. The molecule has 0 bridgehead atoms. The Hall–Kier alpha value is -3.14. The van der Waals surface area contributed by atoms with Gasteiger partial charge in [0.05, 0.1) is 9.80 Å². The monoisotopic (exact) mass is 379 g/mol. The maximum Gasteiger partial charge on any atom is 0.313 e. The molecule has 0 aliphatic carbocycles. The summed E-state index contributed by atoms with van der Waals surface area (Å²) in [7, 11) is 0. The number of hydrogen-bond donors (Lipinski definition) is 2. The predicted molar refractivity (Wildman–Crippen MR) is 92.7 cm³/mol. The number of carbonyl (C=O) groups is 3. The number of amides is 2. The summed E-state index contributed by atoms with van der Waals surface area (Å²) in [5, 5.41) is 15.2. The van der Waals surface area contributed by atoms with Crippen molar-refractivity contribution in [2.45, 2.75) is 13.3 Å². The highest BCUT2D eigenvalue weighted by Crippen LogP contribution is 2.21. The van der Waals surface area contributed by atoms with Crippen LogP contribution in [0, 0.1) is 15.9 Å². The Morgan fingerprint density at radius 2 is 1.92 bits per heavy atom. The topological polar surface area (TPSA) is 118 Å². The molecule has 1 aromatic carbocycles. The highest BCUT2D eigenvalue weighted by atomic mass is 32.1. The summed E-state index contributed by atoms with van der Waals surface area (Å²) in [5.74, 6) is -3.04. The van der Waals surface area contributed by atoms with E-state index in [-0.39, 0.29) is 18.0 Å². The van der Waals surface area contributed by atoms with E-state index in [1.54, 1.807) is 12.1 Å².